The summed E-state index contributed by atoms with van der Waals surface area (Å²) in [6.45, 7) is 5.82. The van der Waals surface area contributed by atoms with Crippen LogP contribution in [-0.2, 0) is 15.8 Å². The fourth-order valence-electron chi connectivity index (χ4n) is 3.16. The van der Waals surface area contributed by atoms with E-state index in [1.54, 1.807) is 50.1 Å². The minimum atomic E-state index is -3.70. The van der Waals surface area contributed by atoms with Crippen molar-refractivity contribution < 1.29 is 13.2 Å². The molecule has 3 rings (SSSR count). The van der Waals surface area contributed by atoms with Crippen molar-refractivity contribution in [3.05, 3.63) is 83.4 Å². The summed E-state index contributed by atoms with van der Waals surface area (Å²) in [6, 6.07) is 21.2. The van der Waals surface area contributed by atoms with Crippen molar-refractivity contribution in [3.8, 4) is 5.75 Å². The average molecular weight is 442 g/mol. The molecular weight excluding hydrogens is 414 g/mol. The molecule has 1 N–H and O–H groups in total. The van der Waals surface area contributed by atoms with E-state index < -0.39 is 10.0 Å². The molecule has 0 aromatic heterocycles. The molecule has 0 saturated carbocycles. The zero-order chi connectivity index (χ0) is 21.7. The van der Waals surface area contributed by atoms with E-state index in [0.717, 1.165) is 16.9 Å². The van der Waals surface area contributed by atoms with Crippen molar-refractivity contribution >= 4 is 27.5 Å². The third kappa shape index (κ3) is 5.37. The van der Waals surface area contributed by atoms with Crippen LogP contribution in [0, 0.1) is 6.92 Å². The molecule has 0 aliphatic carbocycles. The summed E-state index contributed by atoms with van der Waals surface area (Å²) in [5.74, 6) is 1.68. The van der Waals surface area contributed by atoms with E-state index in [9.17, 15) is 8.42 Å². The second kappa shape index (κ2) is 9.58. The van der Waals surface area contributed by atoms with Crippen molar-refractivity contribution in [3.63, 3.8) is 0 Å². The lowest BCUT2D eigenvalue weighted by atomic mass is 10.0. The van der Waals surface area contributed by atoms with E-state index in [1.807, 2.05) is 44.2 Å². The van der Waals surface area contributed by atoms with Gasteiger partial charge >= 0.3 is 0 Å². The Balaban J connectivity index is 1.76. The van der Waals surface area contributed by atoms with Gasteiger partial charge in [-0.05, 0) is 65.9 Å². The van der Waals surface area contributed by atoms with Crippen molar-refractivity contribution in [1.29, 1.82) is 0 Å². The lowest BCUT2D eigenvalue weighted by Gasteiger charge is -2.17. The highest BCUT2D eigenvalue weighted by Gasteiger charge is 2.21. The Morgan fingerprint density at radius 3 is 2.27 bits per heavy atom. The molecule has 3 aromatic rings. The quantitative estimate of drug-likeness (QED) is 0.422. The smallest absolute Gasteiger partial charge is 0.262 e. The maximum absolute atomic E-state index is 13.0. The van der Waals surface area contributed by atoms with Crippen LogP contribution in [0.2, 0.25) is 0 Å². The average Bonchev–Trinajstić information content (AvgIpc) is 2.73. The first kappa shape index (κ1) is 22.2. The first-order valence-corrected chi connectivity index (χ1v) is 12.2. The van der Waals surface area contributed by atoms with Crippen LogP contribution in [0.3, 0.4) is 0 Å². The van der Waals surface area contributed by atoms with Crippen molar-refractivity contribution in [1.82, 2.24) is 0 Å². The van der Waals surface area contributed by atoms with Crippen LogP contribution in [0.1, 0.15) is 36.5 Å². The summed E-state index contributed by atoms with van der Waals surface area (Å²) >= 11 is 1.75. The molecule has 30 heavy (non-hydrogen) atoms. The van der Waals surface area contributed by atoms with E-state index in [2.05, 4.69) is 16.9 Å². The number of sulfonamides is 1. The Hall–Kier alpha value is -2.44. The van der Waals surface area contributed by atoms with Gasteiger partial charge in [-0.1, -0.05) is 44.2 Å². The Morgan fingerprint density at radius 2 is 1.67 bits per heavy atom. The Bertz CT molecular complexity index is 1090. The van der Waals surface area contributed by atoms with Crippen molar-refractivity contribution in [2.24, 2.45) is 0 Å². The third-order valence-corrected chi connectivity index (χ3v) is 7.40. The normalized spacial score (nSPS) is 11.5. The number of anilines is 1. The molecule has 0 atom stereocenters. The predicted molar refractivity (Wildman–Crippen MR) is 125 cm³/mol. The lowest BCUT2D eigenvalue weighted by Crippen LogP contribution is -2.15. The summed E-state index contributed by atoms with van der Waals surface area (Å²) in [6.07, 6.45) is 0. The van der Waals surface area contributed by atoms with Gasteiger partial charge in [0.2, 0.25) is 0 Å². The summed E-state index contributed by atoms with van der Waals surface area (Å²) < 4.78 is 34.2. The molecule has 0 aliphatic rings. The van der Waals surface area contributed by atoms with Crippen LogP contribution in [0.25, 0.3) is 0 Å². The fourth-order valence-corrected chi connectivity index (χ4v) is 5.35. The monoisotopic (exact) mass is 441 g/mol. The second-order valence-electron chi connectivity index (χ2n) is 7.42. The molecule has 0 aliphatic heterocycles. The number of nitrogens with one attached hydrogen (secondary N) is 1. The molecule has 0 spiro atoms. The molecule has 0 unspecified atom stereocenters. The Kier molecular flexibility index (Phi) is 7.10. The first-order chi connectivity index (χ1) is 14.3. The SMILES string of the molecule is COc1cc(C)c(S(=O)(=O)Nc2ccc(CSc3ccccc3)cc2)cc1C(C)C. The van der Waals surface area contributed by atoms with Gasteiger partial charge in [-0.2, -0.15) is 0 Å². The number of hydrogen-bond donors (Lipinski definition) is 1. The number of methoxy groups -OCH3 is 1. The van der Waals surface area contributed by atoms with Gasteiger partial charge < -0.3 is 4.74 Å². The van der Waals surface area contributed by atoms with Crippen LogP contribution >= 0.6 is 11.8 Å². The van der Waals surface area contributed by atoms with Crippen LogP contribution in [-0.4, -0.2) is 15.5 Å². The highest BCUT2D eigenvalue weighted by Crippen LogP contribution is 2.32. The van der Waals surface area contributed by atoms with Gasteiger partial charge in [-0.3, -0.25) is 4.72 Å². The Morgan fingerprint density at radius 1 is 1.00 bits per heavy atom. The zero-order valence-electron chi connectivity index (χ0n) is 17.7. The highest BCUT2D eigenvalue weighted by molar-refractivity contribution is 7.98. The second-order valence-corrected chi connectivity index (χ2v) is 10.1. The minimum absolute atomic E-state index is 0.149. The van der Waals surface area contributed by atoms with Gasteiger partial charge in [0.15, 0.2) is 0 Å². The van der Waals surface area contributed by atoms with Crippen LogP contribution < -0.4 is 9.46 Å². The molecule has 0 heterocycles. The molecule has 0 bridgehead atoms. The van der Waals surface area contributed by atoms with E-state index in [-0.39, 0.29) is 10.8 Å². The number of aryl methyl sites for hydroxylation is 1. The lowest BCUT2D eigenvalue weighted by molar-refractivity contribution is 0.406. The number of ether oxygens (including phenoxy) is 1. The standard InChI is InChI=1S/C24H27NO3S2/c1-17(2)22-15-24(18(3)14-23(22)28-4)30(26,27)25-20-12-10-19(11-13-20)16-29-21-8-6-5-7-9-21/h5-15,17,25H,16H2,1-4H3. The summed E-state index contributed by atoms with van der Waals surface area (Å²) in [4.78, 5) is 1.48. The van der Waals surface area contributed by atoms with Crippen LogP contribution in [0.4, 0.5) is 5.69 Å². The predicted octanol–water partition coefficient (Wildman–Crippen LogP) is 6.22. The topological polar surface area (TPSA) is 55.4 Å². The van der Waals surface area contributed by atoms with Crippen LogP contribution in [0.5, 0.6) is 5.75 Å². The largest absolute Gasteiger partial charge is 0.496 e. The van der Waals surface area contributed by atoms with E-state index in [4.69, 9.17) is 4.74 Å². The highest BCUT2D eigenvalue weighted by atomic mass is 32.2. The summed E-state index contributed by atoms with van der Waals surface area (Å²) in [5.41, 5.74) is 3.20. The number of rotatable bonds is 8. The van der Waals surface area contributed by atoms with Gasteiger partial charge in [-0.15, -0.1) is 11.8 Å². The molecule has 0 radical (unpaired) electrons. The van der Waals surface area contributed by atoms with E-state index in [0.29, 0.717) is 17.0 Å². The molecule has 0 fully saturated rings. The van der Waals surface area contributed by atoms with Gasteiger partial charge in [0.1, 0.15) is 5.75 Å². The van der Waals surface area contributed by atoms with Crippen molar-refractivity contribution in [2.75, 3.05) is 11.8 Å². The van der Waals surface area contributed by atoms with Gasteiger partial charge in [0.25, 0.3) is 10.0 Å². The zero-order valence-corrected chi connectivity index (χ0v) is 19.3. The molecular formula is C24H27NO3S2. The molecule has 0 amide bonds. The number of thioether (sulfide) groups is 1. The molecule has 158 valence electrons. The van der Waals surface area contributed by atoms with Crippen molar-refractivity contribution in [2.45, 2.75) is 42.2 Å². The maximum Gasteiger partial charge on any atom is 0.262 e. The van der Waals surface area contributed by atoms with Gasteiger partial charge in [-0.25, -0.2) is 8.42 Å². The fraction of sp³-hybridized carbons (Fsp3) is 0.250. The van der Waals surface area contributed by atoms with E-state index >= 15 is 0 Å². The number of benzene rings is 3. The first-order valence-electron chi connectivity index (χ1n) is 9.78. The van der Waals surface area contributed by atoms with Gasteiger partial charge in [0, 0.05) is 16.3 Å². The Labute approximate surface area is 183 Å². The van der Waals surface area contributed by atoms with Crippen LogP contribution in [0.15, 0.2) is 76.5 Å². The maximum atomic E-state index is 13.0. The molecule has 4 nitrogen and oxygen atoms in total. The summed E-state index contributed by atoms with van der Waals surface area (Å²) in [5, 5.41) is 0. The minimum Gasteiger partial charge on any atom is -0.496 e. The third-order valence-electron chi connectivity index (χ3n) is 4.79. The van der Waals surface area contributed by atoms with E-state index in [1.165, 1.54) is 4.90 Å². The number of hydrogen-bond acceptors (Lipinski definition) is 4. The molecule has 0 saturated heterocycles. The molecule has 3 aromatic carbocycles. The van der Waals surface area contributed by atoms with Gasteiger partial charge in [0.05, 0.1) is 12.0 Å². The molecule has 6 heteroatoms. The summed E-state index contributed by atoms with van der Waals surface area (Å²) in [7, 11) is -2.10.